The zero-order valence-electron chi connectivity index (χ0n) is 15.0. The lowest BCUT2D eigenvalue weighted by atomic mass is 9.96. The minimum Gasteiger partial charge on any atom is -0.491 e. The Bertz CT molecular complexity index is 627. The van der Waals surface area contributed by atoms with E-state index in [1.165, 1.54) is 11.1 Å². The second kappa shape index (κ2) is 9.56. The number of ether oxygens (including phenoxy) is 2. The van der Waals surface area contributed by atoms with Gasteiger partial charge >= 0.3 is 0 Å². The number of nitrogens with zero attached hydrogens (tertiary/aromatic N) is 1. The Morgan fingerprint density at radius 1 is 0.960 bits per heavy atom. The molecular formula is C21H28N2O2. The number of nitrogens with one attached hydrogen (secondary N) is 1. The fourth-order valence-corrected chi connectivity index (χ4v) is 3.38. The van der Waals surface area contributed by atoms with Crippen molar-refractivity contribution in [1.29, 1.82) is 0 Å². The Morgan fingerprint density at radius 2 is 1.68 bits per heavy atom. The third-order valence-electron chi connectivity index (χ3n) is 4.71. The van der Waals surface area contributed by atoms with Crippen LogP contribution in [0.3, 0.4) is 0 Å². The normalized spacial score (nSPS) is 16.5. The summed E-state index contributed by atoms with van der Waals surface area (Å²) in [7, 11) is 1.70. The van der Waals surface area contributed by atoms with Crippen LogP contribution in [-0.2, 0) is 11.2 Å². The van der Waals surface area contributed by atoms with Crippen molar-refractivity contribution >= 4 is 0 Å². The second-order valence-corrected chi connectivity index (χ2v) is 6.37. The highest BCUT2D eigenvalue weighted by Crippen LogP contribution is 2.29. The highest BCUT2D eigenvalue weighted by atomic mass is 16.5. The molecule has 25 heavy (non-hydrogen) atoms. The molecule has 1 unspecified atom stereocenters. The number of methoxy groups -OCH3 is 1. The molecule has 1 atom stereocenters. The third kappa shape index (κ3) is 5.05. The molecular weight excluding hydrogens is 312 g/mol. The molecule has 1 saturated heterocycles. The molecule has 0 aromatic heterocycles. The summed E-state index contributed by atoms with van der Waals surface area (Å²) in [4.78, 5) is 2.58. The van der Waals surface area contributed by atoms with Gasteiger partial charge in [0.15, 0.2) is 0 Å². The first-order valence-corrected chi connectivity index (χ1v) is 9.08. The Hall–Kier alpha value is -1.88. The van der Waals surface area contributed by atoms with Crippen LogP contribution in [0.4, 0.5) is 0 Å². The zero-order chi connectivity index (χ0) is 17.3. The van der Waals surface area contributed by atoms with Crippen molar-refractivity contribution in [1.82, 2.24) is 10.2 Å². The van der Waals surface area contributed by atoms with Gasteiger partial charge in [-0.05, 0) is 23.6 Å². The van der Waals surface area contributed by atoms with Crippen molar-refractivity contribution in [2.75, 3.05) is 46.5 Å². The maximum atomic E-state index is 5.95. The van der Waals surface area contributed by atoms with Gasteiger partial charge in [-0.2, -0.15) is 0 Å². The van der Waals surface area contributed by atoms with E-state index in [2.05, 4.69) is 58.7 Å². The van der Waals surface area contributed by atoms with E-state index >= 15 is 0 Å². The van der Waals surface area contributed by atoms with E-state index in [4.69, 9.17) is 9.47 Å². The molecule has 134 valence electrons. The van der Waals surface area contributed by atoms with Gasteiger partial charge in [0.05, 0.1) is 6.61 Å². The summed E-state index contributed by atoms with van der Waals surface area (Å²) in [6, 6.07) is 19.6. The maximum Gasteiger partial charge on any atom is 0.122 e. The van der Waals surface area contributed by atoms with Crippen LogP contribution < -0.4 is 10.1 Å². The van der Waals surface area contributed by atoms with Crippen molar-refractivity contribution in [3.8, 4) is 5.75 Å². The molecule has 1 aliphatic rings. The minimum absolute atomic E-state index is 0.371. The largest absolute Gasteiger partial charge is 0.491 e. The number of para-hydroxylation sites is 1. The molecule has 0 saturated carbocycles. The Labute approximate surface area is 150 Å². The number of hydrogen-bond donors (Lipinski definition) is 1. The predicted molar refractivity (Wildman–Crippen MR) is 101 cm³/mol. The predicted octanol–water partition coefficient (Wildman–Crippen LogP) is 2.90. The van der Waals surface area contributed by atoms with E-state index in [0.717, 1.165) is 38.3 Å². The van der Waals surface area contributed by atoms with Gasteiger partial charge in [0, 0.05) is 39.3 Å². The molecule has 0 amide bonds. The second-order valence-electron chi connectivity index (χ2n) is 6.37. The summed E-state index contributed by atoms with van der Waals surface area (Å²) in [6.45, 7) is 5.44. The molecule has 0 aliphatic carbocycles. The number of hydrogen-bond acceptors (Lipinski definition) is 4. The van der Waals surface area contributed by atoms with Gasteiger partial charge in [0.25, 0.3) is 0 Å². The summed E-state index contributed by atoms with van der Waals surface area (Å²) in [5.41, 5.74) is 2.63. The molecule has 0 bridgehead atoms. The van der Waals surface area contributed by atoms with Crippen LogP contribution in [0.2, 0.25) is 0 Å². The van der Waals surface area contributed by atoms with E-state index < -0.39 is 0 Å². The number of piperazine rings is 1. The summed E-state index contributed by atoms with van der Waals surface area (Å²) < 4.78 is 11.1. The molecule has 1 N–H and O–H groups in total. The van der Waals surface area contributed by atoms with Crippen molar-refractivity contribution in [2.45, 2.75) is 12.5 Å². The molecule has 0 spiro atoms. The molecule has 1 fully saturated rings. The first kappa shape index (κ1) is 17.9. The standard InChI is InChI=1S/C21H28N2O2/c1-24-15-16-25-21-10-6-5-9-19(21)17-20(18-7-3-2-4-8-18)23-13-11-22-12-14-23/h2-10,20,22H,11-17H2,1H3. The van der Waals surface area contributed by atoms with Crippen LogP contribution >= 0.6 is 0 Å². The highest BCUT2D eigenvalue weighted by Gasteiger charge is 2.23. The van der Waals surface area contributed by atoms with Gasteiger partial charge in [-0.3, -0.25) is 4.90 Å². The average molecular weight is 340 g/mol. The van der Waals surface area contributed by atoms with E-state index in [1.54, 1.807) is 7.11 Å². The molecule has 1 heterocycles. The van der Waals surface area contributed by atoms with Crippen LogP contribution in [0, 0.1) is 0 Å². The molecule has 0 radical (unpaired) electrons. The molecule has 4 nitrogen and oxygen atoms in total. The minimum atomic E-state index is 0.371. The Kier molecular flexibility index (Phi) is 6.86. The van der Waals surface area contributed by atoms with Crippen molar-refractivity contribution in [3.05, 3.63) is 65.7 Å². The van der Waals surface area contributed by atoms with Crippen molar-refractivity contribution in [3.63, 3.8) is 0 Å². The first-order valence-electron chi connectivity index (χ1n) is 9.08. The van der Waals surface area contributed by atoms with Crippen molar-refractivity contribution in [2.24, 2.45) is 0 Å². The van der Waals surface area contributed by atoms with Crippen LogP contribution in [0.15, 0.2) is 54.6 Å². The lowest BCUT2D eigenvalue weighted by molar-refractivity contribution is 0.144. The van der Waals surface area contributed by atoms with Gasteiger partial charge in [0.1, 0.15) is 12.4 Å². The summed E-state index contributed by atoms with van der Waals surface area (Å²) in [5.74, 6) is 0.968. The van der Waals surface area contributed by atoms with Gasteiger partial charge in [-0.25, -0.2) is 0 Å². The first-order chi connectivity index (χ1) is 12.4. The van der Waals surface area contributed by atoms with Crippen LogP contribution in [0.5, 0.6) is 5.75 Å². The lowest BCUT2D eigenvalue weighted by Gasteiger charge is -2.35. The van der Waals surface area contributed by atoms with Crippen LogP contribution in [-0.4, -0.2) is 51.4 Å². The fourth-order valence-electron chi connectivity index (χ4n) is 3.38. The fraction of sp³-hybridized carbons (Fsp3) is 0.429. The van der Waals surface area contributed by atoms with Crippen LogP contribution in [0.1, 0.15) is 17.2 Å². The van der Waals surface area contributed by atoms with Gasteiger partial charge < -0.3 is 14.8 Å². The number of rotatable bonds is 8. The molecule has 4 heteroatoms. The molecule has 3 rings (SSSR count). The van der Waals surface area contributed by atoms with E-state index in [-0.39, 0.29) is 0 Å². The van der Waals surface area contributed by atoms with Crippen molar-refractivity contribution < 1.29 is 9.47 Å². The Morgan fingerprint density at radius 3 is 2.44 bits per heavy atom. The van der Waals surface area contributed by atoms with Gasteiger partial charge in [-0.15, -0.1) is 0 Å². The smallest absolute Gasteiger partial charge is 0.122 e. The summed E-state index contributed by atoms with van der Waals surface area (Å²) in [5, 5.41) is 3.45. The van der Waals surface area contributed by atoms with Gasteiger partial charge in [-0.1, -0.05) is 48.5 Å². The third-order valence-corrected chi connectivity index (χ3v) is 4.71. The molecule has 2 aromatic carbocycles. The van der Waals surface area contributed by atoms with E-state index in [0.29, 0.717) is 19.3 Å². The molecule has 2 aromatic rings. The summed E-state index contributed by atoms with van der Waals surface area (Å²) in [6.07, 6.45) is 0.952. The lowest BCUT2D eigenvalue weighted by Crippen LogP contribution is -2.45. The topological polar surface area (TPSA) is 33.7 Å². The summed E-state index contributed by atoms with van der Waals surface area (Å²) >= 11 is 0. The van der Waals surface area contributed by atoms with E-state index in [9.17, 15) is 0 Å². The zero-order valence-corrected chi connectivity index (χ0v) is 15.0. The highest BCUT2D eigenvalue weighted by molar-refractivity contribution is 5.35. The average Bonchev–Trinajstić information content (AvgIpc) is 2.69. The SMILES string of the molecule is COCCOc1ccccc1CC(c1ccccc1)N1CCNCC1. The maximum absolute atomic E-state index is 5.95. The number of benzene rings is 2. The molecule has 1 aliphatic heterocycles. The van der Waals surface area contributed by atoms with Crippen LogP contribution in [0.25, 0.3) is 0 Å². The van der Waals surface area contributed by atoms with E-state index in [1.807, 2.05) is 6.07 Å². The van der Waals surface area contributed by atoms with Gasteiger partial charge in [0.2, 0.25) is 0 Å². The Balaban J connectivity index is 1.80. The monoisotopic (exact) mass is 340 g/mol. The quantitative estimate of drug-likeness (QED) is 0.749.